The van der Waals surface area contributed by atoms with Crippen molar-refractivity contribution in [1.29, 1.82) is 0 Å². The van der Waals surface area contributed by atoms with E-state index >= 15 is 0 Å². The maximum Gasteiger partial charge on any atom is 0.262 e. The molecule has 4 heterocycles. The molecule has 1 fully saturated rings. The lowest BCUT2D eigenvalue weighted by Crippen LogP contribution is -2.49. The van der Waals surface area contributed by atoms with Crippen molar-refractivity contribution in [1.82, 2.24) is 33.8 Å². The minimum absolute atomic E-state index is 0.112. The zero-order valence-electron chi connectivity index (χ0n) is 16.7. The summed E-state index contributed by atoms with van der Waals surface area (Å²) in [5.74, 6) is 2.27. The molecule has 29 heavy (non-hydrogen) atoms. The first-order chi connectivity index (χ1) is 13.9. The average molecular weight is 417 g/mol. The summed E-state index contributed by atoms with van der Waals surface area (Å²) in [5.41, 5.74) is 0. The van der Waals surface area contributed by atoms with Gasteiger partial charge in [0.2, 0.25) is 0 Å². The number of sulfonamides is 1. The average Bonchev–Trinajstić information content (AvgIpc) is 3.38. The van der Waals surface area contributed by atoms with E-state index < -0.39 is 10.0 Å². The molecule has 1 aliphatic heterocycles. The van der Waals surface area contributed by atoms with Gasteiger partial charge in [0.1, 0.15) is 5.82 Å². The van der Waals surface area contributed by atoms with Crippen LogP contribution in [0.4, 0.5) is 5.82 Å². The Labute approximate surface area is 169 Å². The molecule has 0 unspecified atom stereocenters. The van der Waals surface area contributed by atoms with Crippen molar-refractivity contribution in [2.45, 2.75) is 24.8 Å². The molecule has 3 aromatic heterocycles. The van der Waals surface area contributed by atoms with Gasteiger partial charge < -0.3 is 9.47 Å². The van der Waals surface area contributed by atoms with Crippen LogP contribution in [-0.4, -0.2) is 68.4 Å². The minimum Gasteiger partial charge on any atom is -0.352 e. The lowest BCUT2D eigenvalue weighted by atomic mass is 10.2. The number of anilines is 1. The van der Waals surface area contributed by atoms with Gasteiger partial charge in [0.05, 0.1) is 0 Å². The molecule has 3 aromatic rings. The molecule has 4 rings (SSSR count). The molecule has 0 atom stereocenters. The summed E-state index contributed by atoms with van der Waals surface area (Å²) in [6.07, 6.45) is 5.08. The van der Waals surface area contributed by atoms with Crippen LogP contribution >= 0.6 is 0 Å². The summed E-state index contributed by atoms with van der Waals surface area (Å²) in [5, 5.41) is 12.7. The maximum atomic E-state index is 13.0. The number of hydrogen-bond donors (Lipinski definition) is 0. The molecule has 0 N–H and O–H groups in total. The fourth-order valence-corrected chi connectivity index (χ4v) is 4.83. The standard InChI is InChI=1S/C18H24N8O2S/c1-14(2)18-20-17(13-23(18)3)29(27,28)25-11-9-24(10-12-25)15-5-6-16(22-21-15)26-8-4-7-19-26/h4-8,13-14H,9-12H2,1-3H3. The van der Waals surface area contributed by atoms with Crippen molar-refractivity contribution in [3.8, 4) is 5.82 Å². The molecule has 11 heteroatoms. The second-order valence-corrected chi connectivity index (χ2v) is 9.18. The van der Waals surface area contributed by atoms with E-state index in [-0.39, 0.29) is 10.9 Å². The van der Waals surface area contributed by atoms with Gasteiger partial charge in [-0.1, -0.05) is 13.8 Å². The second-order valence-electron chi connectivity index (χ2n) is 7.29. The molecule has 154 valence electrons. The first kappa shape index (κ1) is 19.5. The highest BCUT2D eigenvalue weighted by atomic mass is 32.2. The molecule has 0 bridgehead atoms. The highest BCUT2D eigenvalue weighted by Crippen LogP contribution is 2.22. The molecule has 1 saturated heterocycles. The topological polar surface area (TPSA) is 102 Å². The lowest BCUT2D eigenvalue weighted by Gasteiger charge is -2.33. The van der Waals surface area contributed by atoms with E-state index in [1.807, 2.05) is 44.0 Å². The van der Waals surface area contributed by atoms with Crippen LogP contribution in [0, 0.1) is 0 Å². The van der Waals surface area contributed by atoms with Crippen LogP contribution in [0.3, 0.4) is 0 Å². The monoisotopic (exact) mass is 416 g/mol. The van der Waals surface area contributed by atoms with E-state index in [4.69, 9.17) is 0 Å². The summed E-state index contributed by atoms with van der Waals surface area (Å²) in [6, 6.07) is 5.54. The number of nitrogens with zero attached hydrogens (tertiary/aromatic N) is 8. The molecule has 0 amide bonds. The zero-order chi connectivity index (χ0) is 20.6. The van der Waals surface area contributed by atoms with Crippen LogP contribution in [0.5, 0.6) is 0 Å². The highest BCUT2D eigenvalue weighted by molar-refractivity contribution is 7.89. The zero-order valence-corrected chi connectivity index (χ0v) is 17.5. The van der Waals surface area contributed by atoms with Crippen LogP contribution in [0.25, 0.3) is 5.82 Å². The van der Waals surface area contributed by atoms with Crippen LogP contribution in [0.15, 0.2) is 41.8 Å². The van der Waals surface area contributed by atoms with Crippen LogP contribution in [0.1, 0.15) is 25.6 Å². The Morgan fingerprint density at radius 2 is 1.72 bits per heavy atom. The number of imidazole rings is 1. The SMILES string of the molecule is CC(C)c1nc(S(=O)(=O)N2CCN(c3ccc(-n4cccn4)nn3)CC2)cn1C. The summed E-state index contributed by atoms with van der Waals surface area (Å²) < 4.78 is 30.9. The van der Waals surface area contributed by atoms with Gasteiger partial charge in [-0.15, -0.1) is 10.2 Å². The van der Waals surface area contributed by atoms with E-state index in [0.29, 0.717) is 32.0 Å². The summed E-state index contributed by atoms with van der Waals surface area (Å²) in [6.45, 7) is 5.82. The Kier molecular flexibility index (Phi) is 5.09. The molecule has 1 aliphatic rings. The van der Waals surface area contributed by atoms with Gasteiger partial charge in [0.15, 0.2) is 16.7 Å². The van der Waals surface area contributed by atoms with E-state index in [1.165, 1.54) is 4.31 Å². The highest BCUT2D eigenvalue weighted by Gasteiger charge is 2.31. The summed E-state index contributed by atoms with van der Waals surface area (Å²) in [4.78, 5) is 6.39. The normalized spacial score (nSPS) is 15.9. The summed E-state index contributed by atoms with van der Waals surface area (Å²) in [7, 11) is -1.79. The number of hydrogen-bond acceptors (Lipinski definition) is 7. The molecular weight excluding hydrogens is 392 g/mol. The van der Waals surface area contributed by atoms with Crippen LogP contribution in [0.2, 0.25) is 0 Å². The predicted octanol–water partition coefficient (Wildman–Crippen LogP) is 1.03. The van der Waals surface area contributed by atoms with Crippen molar-refractivity contribution in [3.63, 3.8) is 0 Å². The number of aromatic nitrogens is 6. The number of aryl methyl sites for hydroxylation is 1. The predicted molar refractivity (Wildman–Crippen MR) is 107 cm³/mol. The van der Waals surface area contributed by atoms with E-state index in [9.17, 15) is 8.42 Å². The van der Waals surface area contributed by atoms with E-state index in [2.05, 4.69) is 20.3 Å². The van der Waals surface area contributed by atoms with E-state index in [0.717, 1.165) is 11.6 Å². The fourth-order valence-electron chi connectivity index (χ4n) is 3.42. The Bertz CT molecular complexity index is 1070. The van der Waals surface area contributed by atoms with Crippen molar-refractivity contribution in [2.24, 2.45) is 7.05 Å². The first-order valence-electron chi connectivity index (χ1n) is 9.48. The van der Waals surface area contributed by atoms with Crippen molar-refractivity contribution >= 4 is 15.8 Å². The molecule has 0 radical (unpaired) electrons. The minimum atomic E-state index is -3.61. The third kappa shape index (κ3) is 3.75. The third-order valence-corrected chi connectivity index (χ3v) is 6.72. The van der Waals surface area contributed by atoms with Gasteiger partial charge in [-0.2, -0.15) is 9.40 Å². The van der Waals surface area contributed by atoms with Gasteiger partial charge in [-0.25, -0.2) is 18.1 Å². The Morgan fingerprint density at radius 3 is 2.28 bits per heavy atom. The fraction of sp³-hybridized carbons (Fsp3) is 0.444. The van der Waals surface area contributed by atoms with Crippen LogP contribution in [-0.2, 0) is 17.1 Å². The number of piperazine rings is 1. The quantitative estimate of drug-likeness (QED) is 0.612. The third-order valence-electron chi connectivity index (χ3n) is 4.95. The first-order valence-corrected chi connectivity index (χ1v) is 10.9. The Balaban J connectivity index is 1.44. The largest absolute Gasteiger partial charge is 0.352 e. The van der Waals surface area contributed by atoms with Gasteiger partial charge in [0, 0.05) is 57.7 Å². The second kappa shape index (κ2) is 7.56. The summed E-state index contributed by atoms with van der Waals surface area (Å²) >= 11 is 0. The molecule has 10 nitrogen and oxygen atoms in total. The Morgan fingerprint density at radius 1 is 1.03 bits per heavy atom. The lowest BCUT2D eigenvalue weighted by molar-refractivity contribution is 0.382. The molecule has 0 aliphatic carbocycles. The molecular formula is C18H24N8O2S. The van der Waals surface area contributed by atoms with Gasteiger partial charge in [0.25, 0.3) is 10.0 Å². The van der Waals surface area contributed by atoms with Gasteiger partial charge in [-0.05, 0) is 18.2 Å². The maximum absolute atomic E-state index is 13.0. The van der Waals surface area contributed by atoms with Gasteiger partial charge in [-0.3, -0.25) is 0 Å². The van der Waals surface area contributed by atoms with Crippen molar-refractivity contribution < 1.29 is 8.42 Å². The molecule has 0 saturated carbocycles. The van der Waals surface area contributed by atoms with Gasteiger partial charge >= 0.3 is 0 Å². The Hall–Kier alpha value is -2.79. The molecule has 0 spiro atoms. The smallest absolute Gasteiger partial charge is 0.262 e. The van der Waals surface area contributed by atoms with Crippen molar-refractivity contribution in [2.75, 3.05) is 31.1 Å². The van der Waals surface area contributed by atoms with Crippen molar-refractivity contribution in [3.05, 3.63) is 42.6 Å². The van der Waals surface area contributed by atoms with Crippen LogP contribution < -0.4 is 4.90 Å². The number of rotatable bonds is 5. The molecule has 0 aromatic carbocycles. The van der Waals surface area contributed by atoms with E-state index in [1.54, 1.807) is 27.8 Å².